The van der Waals surface area contributed by atoms with Crippen LogP contribution in [-0.4, -0.2) is 13.8 Å². The van der Waals surface area contributed by atoms with E-state index in [2.05, 4.69) is 4.85 Å². The number of sulfone groups is 1. The topological polar surface area (TPSA) is 38.5 Å². The number of hydrogen-bond acceptors (Lipinski definition) is 2. The van der Waals surface area contributed by atoms with Gasteiger partial charge in [-0.05, 0) is 25.0 Å². The second kappa shape index (κ2) is 5.33. The molecule has 1 aromatic carbocycles. The molecule has 0 saturated carbocycles. The highest BCUT2D eigenvalue weighted by atomic mass is 32.2. The van der Waals surface area contributed by atoms with Crippen LogP contribution in [-0.2, 0) is 9.84 Å². The van der Waals surface area contributed by atoms with Crippen molar-refractivity contribution in [2.75, 3.05) is 0 Å². The Morgan fingerprint density at radius 3 is 2.18 bits per heavy atom. The highest BCUT2D eigenvalue weighted by molar-refractivity contribution is 7.92. The Balaban J connectivity index is 3.10. The maximum atomic E-state index is 12.2. The van der Waals surface area contributed by atoms with Crippen LogP contribution >= 0.6 is 0 Å². The van der Waals surface area contributed by atoms with Gasteiger partial charge >= 0.3 is 5.37 Å². The van der Waals surface area contributed by atoms with E-state index in [1.807, 2.05) is 20.8 Å². The number of benzene rings is 1. The smallest absolute Gasteiger partial charge is 0.296 e. The molecule has 0 fully saturated rings. The Labute approximate surface area is 103 Å². The zero-order valence-electron chi connectivity index (χ0n) is 10.3. The van der Waals surface area contributed by atoms with Crippen LogP contribution in [0.25, 0.3) is 4.85 Å². The maximum absolute atomic E-state index is 12.2. The first kappa shape index (κ1) is 13.7. The van der Waals surface area contributed by atoms with Gasteiger partial charge in [-0.25, -0.2) is 15.0 Å². The number of rotatable bonds is 4. The molecule has 1 atom stereocenters. The molecule has 92 valence electrons. The third-order valence-corrected chi connectivity index (χ3v) is 4.47. The van der Waals surface area contributed by atoms with E-state index in [9.17, 15) is 8.42 Å². The van der Waals surface area contributed by atoms with Gasteiger partial charge in [-0.2, -0.15) is 0 Å². The van der Waals surface area contributed by atoms with Crippen molar-refractivity contribution in [3.05, 3.63) is 41.2 Å². The fourth-order valence-corrected chi connectivity index (χ4v) is 3.14. The summed E-state index contributed by atoms with van der Waals surface area (Å²) in [5.74, 6) is 0.189. The Hall–Kier alpha value is -1.34. The van der Waals surface area contributed by atoms with Gasteiger partial charge in [0, 0.05) is 6.42 Å². The molecule has 4 heteroatoms. The standard InChI is InChI=1S/C13H17NO2S/c1-10(2)9-13(14-4)17(15,16)12-7-5-11(3)6-8-12/h5-8,10,13H,9H2,1-3H3/t13-/m1/s1. The van der Waals surface area contributed by atoms with Gasteiger partial charge in [-0.3, -0.25) is 4.85 Å². The van der Waals surface area contributed by atoms with E-state index in [0.717, 1.165) is 5.56 Å². The molecule has 0 saturated heterocycles. The average molecular weight is 251 g/mol. The van der Waals surface area contributed by atoms with Crippen LogP contribution in [0.3, 0.4) is 0 Å². The summed E-state index contributed by atoms with van der Waals surface area (Å²) in [4.78, 5) is 3.50. The Morgan fingerprint density at radius 1 is 1.24 bits per heavy atom. The van der Waals surface area contributed by atoms with Crippen molar-refractivity contribution in [2.24, 2.45) is 5.92 Å². The lowest BCUT2D eigenvalue weighted by Crippen LogP contribution is -2.19. The summed E-state index contributed by atoms with van der Waals surface area (Å²) in [7, 11) is -3.52. The first-order chi connectivity index (χ1) is 7.87. The van der Waals surface area contributed by atoms with Crippen LogP contribution in [0, 0.1) is 19.4 Å². The van der Waals surface area contributed by atoms with Crippen LogP contribution in [0.5, 0.6) is 0 Å². The lowest BCUT2D eigenvalue weighted by molar-refractivity contribution is 0.549. The minimum absolute atomic E-state index is 0.189. The summed E-state index contributed by atoms with van der Waals surface area (Å²) < 4.78 is 24.4. The lowest BCUT2D eigenvalue weighted by Gasteiger charge is -2.09. The van der Waals surface area contributed by atoms with Gasteiger partial charge in [0.1, 0.15) is 0 Å². The van der Waals surface area contributed by atoms with E-state index < -0.39 is 15.2 Å². The van der Waals surface area contributed by atoms with E-state index >= 15 is 0 Å². The fraction of sp³-hybridized carbons (Fsp3) is 0.462. The van der Waals surface area contributed by atoms with Crippen LogP contribution < -0.4 is 0 Å². The Morgan fingerprint density at radius 2 is 1.76 bits per heavy atom. The predicted octanol–water partition coefficient (Wildman–Crippen LogP) is 3.06. The van der Waals surface area contributed by atoms with Gasteiger partial charge < -0.3 is 0 Å². The molecular formula is C13H17NO2S. The molecular weight excluding hydrogens is 234 g/mol. The van der Waals surface area contributed by atoms with Gasteiger partial charge in [0.15, 0.2) is 0 Å². The van der Waals surface area contributed by atoms with Gasteiger partial charge in [0.2, 0.25) is 0 Å². The molecule has 0 spiro atoms. The molecule has 0 unspecified atom stereocenters. The van der Waals surface area contributed by atoms with Crippen molar-refractivity contribution in [2.45, 2.75) is 37.5 Å². The van der Waals surface area contributed by atoms with Gasteiger partial charge in [0.05, 0.1) is 4.90 Å². The van der Waals surface area contributed by atoms with E-state index in [0.29, 0.717) is 6.42 Å². The zero-order chi connectivity index (χ0) is 13.1. The molecule has 0 bridgehead atoms. The van der Waals surface area contributed by atoms with E-state index in [-0.39, 0.29) is 10.8 Å². The second-order valence-corrected chi connectivity index (χ2v) is 6.68. The fourth-order valence-electron chi connectivity index (χ4n) is 1.54. The van der Waals surface area contributed by atoms with Crippen LogP contribution in [0.1, 0.15) is 25.8 Å². The quantitative estimate of drug-likeness (QED) is 0.771. The molecule has 1 aromatic rings. The molecule has 0 aliphatic carbocycles. The molecule has 0 amide bonds. The highest BCUT2D eigenvalue weighted by Gasteiger charge is 2.32. The summed E-state index contributed by atoms with van der Waals surface area (Å²) in [6, 6.07) is 6.65. The van der Waals surface area contributed by atoms with Crippen molar-refractivity contribution < 1.29 is 8.42 Å². The van der Waals surface area contributed by atoms with Crippen molar-refractivity contribution in [3.8, 4) is 0 Å². The SMILES string of the molecule is [C-]#[N+][C@@H](CC(C)C)S(=O)(=O)c1ccc(C)cc1. The molecule has 0 N–H and O–H groups in total. The average Bonchev–Trinajstić information content (AvgIpc) is 2.26. The normalized spacial score (nSPS) is 13.4. The van der Waals surface area contributed by atoms with E-state index in [1.165, 1.54) is 0 Å². The second-order valence-electron chi connectivity index (χ2n) is 4.57. The van der Waals surface area contributed by atoms with Gasteiger partial charge in [-0.1, -0.05) is 31.5 Å². The summed E-state index contributed by atoms with van der Waals surface area (Å²) in [6.07, 6.45) is 0.375. The summed E-state index contributed by atoms with van der Waals surface area (Å²) in [6.45, 7) is 12.8. The van der Waals surface area contributed by atoms with E-state index in [4.69, 9.17) is 6.57 Å². The van der Waals surface area contributed by atoms with E-state index in [1.54, 1.807) is 24.3 Å². The largest absolute Gasteiger partial charge is 0.325 e. The number of hydrogen-bond donors (Lipinski definition) is 0. The maximum Gasteiger partial charge on any atom is 0.325 e. The third kappa shape index (κ3) is 3.31. The summed E-state index contributed by atoms with van der Waals surface area (Å²) in [5, 5.41) is -0.967. The Kier molecular flexibility index (Phi) is 4.30. The van der Waals surface area contributed by atoms with Crippen LogP contribution in [0.15, 0.2) is 29.2 Å². The highest BCUT2D eigenvalue weighted by Crippen LogP contribution is 2.22. The van der Waals surface area contributed by atoms with Crippen molar-refractivity contribution in [1.29, 1.82) is 0 Å². The minimum atomic E-state index is -3.52. The number of aryl methyl sites for hydroxylation is 1. The molecule has 0 aliphatic rings. The van der Waals surface area contributed by atoms with Gasteiger partial charge in [-0.15, -0.1) is 0 Å². The van der Waals surface area contributed by atoms with Crippen LogP contribution in [0.4, 0.5) is 0 Å². The van der Waals surface area contributed by atoms with Gasteiger partial charge in [0.25, 0.3) is 9.84 Å². The molecule has 0 aromatic heterocycles. The molecule has 0 heterocycles. The summed E-state index contributed by atoms with van der Waals surface area (Å²) >= 11 is 0. The summed E-state index contributed by atoms with van der Waals surface area (Å²) in [5.41, 5.74) is 1.01. The monoisotopic (exact) mass is 251 g/mol. The zero-order valence-corrected chi connectivity index (χ0v) is 11.2. The third-order valence-electron chi connectivity index (χ3n) is 2.52. The number of nitrogens with zero attached hydrogens (tertiary/aromatic N) is 1. The predicted molar refractivity (Wildman–Crippen MR) is 68.2 cm³/mol. The van der Waals surface area contributed by atoms with Crippen LogP contribution in [0.2, 0.25) is 0 Å². The molecule has 0 aliphatic heterocycles. The Bertz CT molecular complexity index is 509. The molecule has 17 heavy (non-hydrogen) atoms. The minimum Gasteiger partial charge on any atom is -0.296 e. The molecule has 3 nitrogen and oxygen atoms in total. The van der Waals surface area contributed by atoms with Crippen molar-refractivity contribution in [1.82, 2.24) is 0 Å². The first-order valence-electron chi connectivity index (χ1n) is 5.55. The van der Waals surface area contributed by atoms with Crippen molar-refractivity contribution >= 4 is 9.84 Å². The first-order valence-corrected chi connectivity index (χ1v) is 7.09. The van der Waals surface area contributed by atoms with Crippen molar-refractivity contribution in [3.63, 3.8) is 0 Å². The lowest BCUT2D eigenvalue weighted by atomic mass is 10.1. The molecule has 0 radical (unpaired) electrons. The molecule has 1 rings (SSSR count).